The number of fused-ring (bicyclic) bond motifs is 2. The minimum absolute atomic E-state index is 0.140. The van der Waals surface area contributed by atoms with Crippen LogP contribution in [-0.2, 0) is 4.79 Å². The molecule has 4 aliphatic rings. The van der Waals surface area contributed by atoms with Crippen molar-refractivity contribution in [3.05, 3.63) is 53.5 Å². The number of hydrogen-bond acceptors (Lipinski definition) is 6. The van der Waals surface area contributed by atoms with Crippen LogP contribution in [0, 0.1) is 46.6 Å². The Balaban J connectivity index is 1.27. The van der Waals surface area contributed by atoms with E-state index in [1.54, 1.807) is 6.21 Å². The first-order valence-corrected chi connectivity index (χ1v) is 10.7. The van der Waals surface area contributed by atoms with Gasteiger partial charge in [0.1, 0.15) is 6.07 Å². The van der Waals surface area contributed by atoms with E-state index in [2.05, 4.69) is 15.1 Å². The number of rotatable bonds is 5. The predicted octanol–water partition coefficient (Wildman–Crippen LogP) is 3.63. The zero-order valence-corrected chi connectivity index (χ0v) is 17.2. The molecule has 32 heavy (non-hydrogen) atoms. The van der Waals surface area contributed by atoms with Crippen LogP contribution in [0.15, 0.2) is 35.7 Å². The summed E-state index contributed by atoms with van der Waals surface area (Å²) in [6, 6.07) is 5.31. The molecule has 1 aliphatic heterocycles. The van der Waals surface area contributed by atoms with Crippen molar-refractivity contribution in [3.63, 3.8) is 0 Å². The summed E-state index contributed by atoms with van der Waals surface area (Å²) in [5.41, 5.74) is 0.371. The van der Waals surface area contributed by atoms with Gasteiger partial charge >= 0.3 is 0 Å². The first-order chi connectivity index (χ1) is 15.5. The Bertz CT molecular complexity index is 1090. The molecule has 3 aliphatic carbocycles. The highest BCUT2D eigenvalue weighted by Crippen LogP contribution is 2.53. The van der Waals surface area contributed by atoms with Gasteiger partial charge in [-0.1, -0.05) is 12.1 Å². The Morgan fingerprint density at radius 2 is 2.03 bits per heavy atom. The number of amides is 1. The van der Waals surface area contributed by atoms with Gasteiger partial charge in [0.25, 0.3) is 0 Å². The van der Waals surface area contributed by atoms with Crippen LogP contribution in [0.1, 0.15) is 43.0 Å². The Morgan fingerprint density at radius 3 is 2.78 bits per heavy atom. The number of carbonyl (C=O) groups excluding carboxylic acids is 1. The highest BCUT2D eigenvalue weighted by molar-refractivity contribution is 5.82. The standard InChI is InChI=1S/C23H21F2N5O2/c24-19-3-1-2-17(22(19)25)20-4-5-29-30(20)23(31)18-8-15(13-6-14(18)7-13)12-32-21-11-27-16(9-26)10-28-21/h1-3,5,10-11,13-15,18,20H,4,6-8,12H2/t13?,14?,15-,18-,20?/m0/s1. The van der Waals surface area contributed by atoms with Gasteiger partial charge in [-0.15, -0.1) is 0 Å². The number of carbonyl (C=O) groups is 1. The molecule has 1 aromatic heterocycles. The van der Waals surface area contributed by atoms with Gasteiger partial charge < -0.3 is 4.74 Å². The van der Waals surface area contributed by atoms with Crippen molar-refractivity contribution in [1.29, 1.82) is 5.26 Å². The number of nitrogens with zero attached hydrogens (tertiary/aromatic N) is 5. The Labute approximate surface area is 183 Å². The minimum Gasteiger partial charge on any atom is -0.476 e. The molecule has 2 heterocycles. The third-order valence-corrected chi connectivity index (χ3v) is 6.90. The number of hydrazone groups is 1. The third kappa shape index (κ3) is 3.60. The molecular weight excluding hydrogens is 416 g/mol. The zero-order valence-electron chi connectivity index (χ0n) is 17.2. The van der Waals surface area contributed by atoms with Gasteiger partial charge in [0.05, 0.1) is 25.0 Å². The van der Waals surface area contributed by atoms with Gasteiger partial charge in [0, 0.05) is 24.1 Å². The van der Waals surface area contributed by atoms with Gasteiger partial charge in [-0.05, 0) is 43.1 Å². The van der Waals surface area contributed by atoms with E-state index in [0.717, 1.165) is 18.9 Å². The number of nitriles is 1. The van der Waals surface area contributed by atoms with Crippen LogP contribution in [-0.4, -0.2) is 33.7 Å². The zero-order chi connectivity index (χ0) is 22.2. The summed E-state index contributed by atoms with van der Waals surface area (Å²) < 4.78 is 33.9. The lowest BCUT2D eigenvalue weighted by Gasteiger charge is -2.51. The normalized spacial score (nSPS) is 28.2. The molecule has 164 valence electrons. The molecule has 3 atom stereocenters. The van der Waals surface area contributed by atoms with Crippen LogP contribution in [0.3, 0.4) is 0 Å². The monoisotopic (exact) mass is 437 g/mol. The van der Waals surface area contributed by atoms with Gasteiger partial charge in [-0.3, -0.25) is 4.79 Å². The molecule has 0 N–H and O–H groups in total. The van der Waals surface area contributed by atoms with Crippen molar-refractivity contribution in [1.82, 2.24) is 15.0 Å². The fraction of sp³-hybridized carbons (Fsp3) is 0.435. The first-order valence-electron chi connectivity index (χ1n) is 10.7. The lowest BCUT2D eigenvalue weighted by molar-refractivity contribution is -0.148. The van der Waals surface area contributed by atoms with Crippen molar-refractivity contribution >= 4 is 12.1 Å². The number of halogens is 2. The number of aromatic nitrogens is 2. The van der Waals surface area contributed by atoms with Crippen molar-refractivity contribution in [2.45, 2.75) is 31.7 Å². The third-order valence-electron chi connectivity index (χ3n) is 6.90. The van der Waals surface area contributed by atoms with Crippen LogP contribution in [0.25, 0.3) is 0 Å². The molecule has 0 saturated heterocycles. The second-order valence-electron chi connectivity index (χ2n) is 8.63. The smallest absolute Gasteiger partial charge is 0.246 e. The summed E-state index contributed by atoms with van der Waals surface area (Å²) in [5.74, 6) is -0.913. The summed E-state index contributed by atoms with van der Waals surface area (Å²) in [4.78, 5) is 21.4. The van der Waals surface area contributed by atoms with Crippen molar-refractivity contribution in [2.75, 3.05) is 6.61 Å². The molecule has 9 heteroatoms. The summed E-state index contributed by atoms with van der Waals surface area (Å²) in [5, 5.41) is 14.4. The summed E-state index contributed by atoms with van der Waals surface area (Å²) >= 11 is 0. The summed E-state index contributed by atoms with van der Waals surface area (Å²) in [6.07, 6.45) is 7.27. The Morgan fingerprint density at radius 1 is 1.19 bits per heavy atom. The SMILES string of the molecule is N#Cc1cnc(OC[C@@H]2C[C@H](C(=O)N3N=CCC3c3cccc(F)c3F)C3CC2C3)cn1. The van der Waals surface area contributed by atoms with E-state index in [9.17, 15) is 13.6 Å². The maximum atomic E-state index is 14.4. The predicted molar refractivity (Wildman–Crippen MR) is 109 cm³/mol. The van der Waals surface area contributed by atoms with E-state index in [1.807, 2.05) is 6.07 Å². The molecule has 0 spiro atoms. The number of hydrogen-bond donors (Lipinski definition) is 0. The fourth-order valence-corrected chi connectivity index (χ4v) is 5.11. The lowest BCUT2D eigenvalue weighted by atomic mass is 9.55. The molecule has 3 saturated carbocycles. The van der Waals surface area contributed by atoms with Crippen LogP contribution < -0.4 is 4.74 Å². The topological polar surface area (TPSA) is 91.5 Å². The highest BCUT2D eigenvalue weighted by Gasteiger charge is 2.50. The quantitative estimate of drug-likeness (QED) is 0.712. The molecule has 1 amide bonds. The second kappa shape index (κ2) is 8.26. The van der Waals surface area contributed by atoms with E-state index in [-0.39, 0.29) is 34.9 Å². The average Bonchev–Trinajstić information content (AvgIpc) is 3.28. The van der Waals surface area contributed by atoms with Crippen LogP contribution in [0.5, 0.6) is 5.88 Å². The number of benzene rings is 1. The van der Waals surface area contributed by atoms with Crippen LogP contribution in [0.4, 0.5) is 8.78 Å². The van der Waals surface area contributed by atoms with Gasteiger partial charge in [-0.2, -0.15) is 10.4 Å². The number of ether oxygens (including phenoxy) is 1. The maximum absolute atomic E-state index is 14.4. The van der Waals surface area contributed by atoms with E-state index in [1.165, 1.54) is 29.5 Å². The molecule has 1 aromatic carbocycles. The summed E-state index contributed by atoms with van der Waals surface area (Å²) in [7, 11) is 0. The molecule has 1 unspecified atom stereocenters. The average molecular weight is 437 g/mol. The van der Waals surface area contributed by atoms with Gasteiger partial charge in [0.15, 0.2) is 17.3 Å². The van der Waals surface area contributed by atoms with Crippen molar-refractivity contribution in [3.8, 4) is 11.9 Å². The maximum Gasteiger partial charge on any atom is 0.246 e. The van der Waals surface area contributed by atoms with Gasteiger partial charge in [-0.25, -0.2) is 23.8 Å². The summed E-state index contributed by atoms with van der Waals surface area (Å²) in [6.45, 7) is 0.410. The Hall–Kier alpha value is -3.41. The van der Waals surface area contributed by atoms with Gasteiger partial charge in [0.2, 0.25) is 11.8 Å². The molecular formula is C23H21F2N5O2. The van der Waals surface area contributed by atoms with E-state index < -0.39 is 17.7 Å². The molecule has 0 radical (unpaired) electrons. The lowest BCUT2D eigenvalue weighted by Crippen LogP contribution is -2.50. The van der Waals surface area contributed by atoms with Crippen molar-refractivity contribution < 1.29 is 18.3 Å². The molecule has 6 rings (SSSR count). The first kappa shape index (κ1) is 20.5. The van der Waals surface area contributed by atoms with Crippen LogP contribution in [0.2, 0.25) is 0 Å². The molecule has 2 aromatic rings. The molecule has 3 fully saturated rings. The van der Waals surface area contributed by atoms with E-state index in [0.29, 0.717) is 31.2 Å². The minimum atomic E-state index is -0.928. The fourth-order valence-electron chi connectivity index (χ4n) is 5.11. The van der Waals surface area contributed by atoms with E-state index >= 15 is 0 Å². The molecule has 2 bridgehead atoms. The van der Waals surface area contributed by atoms with E-state index in [4.69, 9.17) is 10.00 Å². The highest BCUT2D eigenvalue weighted by atomic mass is 19.2. The van der Waals surface area contributed by atoms with Crippen molar-refractivity contribution in [2.24, 2.45) is 28.8 Å². The second-order valence-corrected chi connectivity index (χ2v) is 8.63. The molecule has 7 nitrogen and oxygen atoms in total. The Kier molecular flexibility index (Phi) is 5.29. The van der Waals surface area contributed by atoms with Crippen LogP contribution >= 0.6 is 0 Å². The largest absolute Gasteiger partial charge is 0.476 e.